The van der Waals surface area contributed by atoms with Crippen LogP contribution in [0.15, 0.2) is 48.6 Å². The molecule has 0 saturated carbocycles. The lowest BCUT2D eigenvalue weighted by molar-refractivity contribution is -0.116. The minimum Gasteiger partial charge on any atom is -0.294 e. The van der Waals surface area contributed by atoms with Crippen molar-refractivity contribution in [3.05, 3.63) is 48.6 Å². The minimum atomic E-state index is 0.145. The summed E-state index contributed by atoms with van der Waals surface area (Å²) in [7, 11) is 0. The Kier molecular flexibility index (Phi) is 4.48. The second-order valence-electron chi connectivity index (χ2n) is 4.68. The number of hydrogen-bond acceptors (Lipinski definition) is 1. The predicted octanol–water partition coefficient (Wildman–Crippen LogP) is 3.85. The highest BCUT2D eigenvalue weighted by Gasteiger charge is 2.16. The van der Waals surface area contributed by atoms with Gasteiger partial charge in [-0.25, -0.2) is 0 Å². The average molecular weight is 216 g/mol. The maximum Gasteiger partial charge on any atom is 0.162 e. The third-order valence-electron chi connectivity index (χ3n) is 2.91. The van der Waals surface area contributed by atoms with Gasteiger partial charge in [-0.15, -0.1) is 0 Å². The SMILES string of the molecule is C=C1C=CC(C(C)C)CC(=O)C(=C)C=CC1. The van der Waals surface area contributed by atoms with Gasteiger partial charge in [0.05, 0.1) is 0 Å². The van der Waals surface area contributed by atoms with Crippen molar-refractivity contribution >= 4 is 5.78 Å². The summed E-state index contributed by atoms with van der Waals surface area (Å²) in [5.41, 5.74) is 1.68. The van der Waals surface area contributed by atoms with E-state index in [0.29, 0.717) is 17.9 Å². The molecule has 0 amide bonds. The lowest BCUT2D eigenvalue weighted by atomic mass is 9.87. The number of rotatable bonds is 1. The fourth-order valence-corrected chi connectivity index (χ4v) is 1.64. The first-order valence-corrected chi connectivity index (χ1v) is 5.75. The van der Waals surface area contributed by atoms with Gasteiger partial charge in [-0.1, -0.05) is 56.9 Å². The summed E-state index contributed by atoms with van der Waals surface area (Å²) < 4.78 is 0. The van der Waals surface area contributed by atoms with Gasteiger partial charge in [0.15, 0.2) is 5.78 Å². The lowest BCUT2D eigenvalue weighted by Gasteiger charge is -2.17. The Morgan fingerprint density at radius 2 is 2.00 bits per heavy atom. The van der Waals surface area contributed by atoms with E-state index in [2.05, 4.69) is 33.1 Å². The number of ketones is 1. The fourth-order valence-electron chi connectivity index (χ4n) is 1.64. The molecule has 0 aromatic rings. The zero-order valence-electron chi connectivity index (χ0n) is 10.2. The van der Waals surface area contributed by atoms with Gasteiger partial charge < -0.3 is 0 Å². The lowest BCUT2D eigenvalue weighted by Crippen LogP contribution is -2.13. The second kappa shape index (κ2) is 5.64. The molecule has 0 fully saturated rings. The molecule has 1 aliphatic rings. The summed E-state index contributed by atoms with van der Waals surface area (Å²) in [5.74, 6) is 0.892. The molecule has 1 atom stereocenters. The van der Waals surface area contributed by atoms with Crippen LogP contribution in [0.3, 0.4) is 0 Å². The van der Waals surface area contributed by atoms with Gasteiger partial charge in [0.1, 0.15) is 0 Å². The first-order valence-electron chi connectivity index (χ1n) is 5.75. The second-order valence-corrected chi connectivity index (χ2v) is 4.68. The maximum absolute atomic E-state index is 11.8. The molecule has 1 nitrogen and oxygen atoms in total. The van der Waals surface area contributed by atoms with Gasteiger partial charge >= 0.3 is 0 Å². The highest BCUT2D eigenvalue weighted by atomic mass is 16.1. The van der Waals surface area contributed by atoms with Crippen molar-refractivity contribution in [1.29, 1.82) is 0 Å². The number of allylic oxidation sites excluding steroid dienone is 6. The van der Waals surface area contributed by atoms with E-state index in [1.54, 1.807) is 0 Å². The van der Waals surface area contributed by atoms with Gasteiger partial charge in [-0.2, -0.15) is 0 Å². The molecule has 16 heavy (non-hydrogen) atoms. The van der Waals surface area contributed by atoms with Crippen LogP contribution >= 0.6 is 0 Å². The zero-order valence-corrected chi connectivity index (χ0v) is 10.2. The van der Waals surface area contributed by atoms with Crippen LogP contribution in [-0.2, 0) is 4.79 Å². The van der Waals surface area contributed by atoms with Crippen LogP contribution in [0.4, 0.5) is 0 Å². The van der Waals surface area contributed by atoms with Crippen LogP contribution in [0.1, 0.15) is 26.7 Å². The summed E-state index contributed by atoms with van der Waals surface area (Å²) in [6, 6.07) is 0. The Morgan fingerprint density at radius 1 is 1.31 bits per heavy atom. The Balaban J connectivity index is 2.90. The van der Waals surface area contributed by atoms with Crippen molar-refractivity contribution < 1.29 is 4.79 Å². The average Bonchev–Trinajstić information content (AvgIpc) is 2.22. The molecule has 0 aliphatic heterocycles. The Labute approximate surface area is 98.2 Å². The van der Waals surface area contributed by atoms with Gasteiger partial charge in [0.2, 0.25) is 0 Å². The minimum absolute atomic E-state index is 0.145. The molecule has 0 heterocycles. The highest BCUT2D eigenvalue weighted by Crippen LogP contribution is 2.21. The Hall–Kier alpha value is -1.37. The molecule has 0 saturated heterocycles. The summed E-state index contributed by atoms with van der Waals surface area (Å²) in [4.78, 5) is 11.8. The van der Waals surface area contributed by atoms with Crippen molar-refractivity contribution in [2.45, 2.75) is 26.7 Å². The molecule has 0 aromatic heterocycles. The van der Waals surface area contributed by atoms with Crippen LogP contribution in [0, 0.1) is 11.8 Å². The van der Waals surface area contributed by atoms with Crippen LogP contribution in [0.25, 0.3) is 0 Å². The molecule has 1 heteroatoms. The summed E-state index contributed by atoms with van der Waals surface area (Å²) in [5, 5.41) is 0. The first-order chi connectivity index (χ1) is 7.50. The molecular weight excluding hydrogens is 196 g/mol. The van der Waals surface area contributed by atoms with E-state index in [4.69, 9.17) is 0 Å². The fraction of sp³-hybridized carbons (Fsp3) is 0.400. The van der Waals surface area contributed by atoms with Crippen LogP contribution < -0.4 is 0 Å². The molecule has 86 valence electrons. The van der Waals surface area contributed by atoms with Gasteiger partial charge in [0, 0.05) is 12.0 Å². The van der Waals surface area contributed by atoms with Crippen LogP contribution in [0.2, 0.25) is 0 Å². The zero-order chi connectivity index (χ0) is 12.1. The monoisotopic (exact) mass is 216 g/mol. The molecular formula is C15H20O. The number of Topliss-reactive ketones (excluding diaryl/α,β-unsaturated/α-hetero) is 1. The van der Waals surface area contributed by atoms with Gasteiger partial charge in [-0.3, -0.25) is 4.79 Å². The number of hydrogen-bond donors (Lipinski definition) is 0. The normalized spacial score (nSPS) is 22.9. The van der Waals surface area contributed by atoms with Crippen molar-refractivity contribution in [3.63, 3.8) is 0 Å². The smallest absolute Gasteiger partial charge is 0.162 e. The summed E-state index contributed by atoms with van der Waals surface area (Å²) in [6.45, 7) is 12.0. The summed E-state index contributed by atoms with van der Waals surface area (Å²) >= 11 is 0. The van der Waals surface area contributed by atoms with E-state index in [-0.39, 0.29) is 11.7 Å². The van der Waals surface area contributed by atoms with Crippen LogP contribution in [0.5, 0.6) is 0 Å². The van der Waals surface area contributed by atoms with E-state index >= 15 is 0 Å². The van der Waals surface area contributed by atoms with Crippen LogP contribution in [-0.4, -0.2) is 5.78 Å². The third-order valence-corrected chi connectivity index (χ3v) is 2.91. The Morgan fingerprint density at radius 3 is 2.62 bits per heavy atom. The van der Waals surface area contributed by atoms with Gasteiger partial charge in [0.25, 0.3) is 0 Å². The van der Waals surface area contributed by atoms with E-state index in [1.165, 1.54) is 0 Å². The molecule has 0 bridgehead atoms. The predicted molar refractivity (Wildman–Crippen MR) is 69.1 cm³/mol. The molecule has 1 aliphatic carbocycles. The van der Waals surface area contributed by atoms with E-state index in [9.17, 15) is 4.79 Å². The first kappa shape index (κ1) is 12.7. The largest absolute Gasteiger partial charge is 0.294 e. The van der Waals surface area contributed by atoms with E-state index in [0.717, 1.165) is 12.0 Å². The topological polar surface area (TPSA) is 17.1 Å². The molecule has 0 N–H and O–H groups in total. The standard InChI is InChI=1S/C15H20O/c1-11(2)14-9-8-12(3)6-5-7-13(4)15(16)10-14/h5,7-9,11,14H,3-4,6,10H2,1-2H3. The molecule has 1 unspecified atom stereocenters. The van der Waals surface area contributed by atoms with Gasteiger partial charge in [-0.05, 0) is 18.3 Å². The molecule has 0 spiro atoms. The third kappa shape index (κ3) is 3.65. The number of carbonyl (C=O) groups excluding carboxylic acids is 1. The van der Waals surface area contributed by atoms with Crippen molar-refractivity contribution in [2.75, 3.05) is 0 Å². The van der Waals surface area contributed by atoms with Crippen molar-refractivity contribution in [2.24, 2.45) is 11.8 Å². The molecule has 0 radical (unpaired) electrons. The quantitative estimate of drug-likeness (QED) is 0.608. The number of carbonyl (C=O) groups is 1. The molecule has 1 rings (SSSR count). The summed E-state index contributed by atoms with van der Waals surface area (Å²) in [6.07, 6.45) is 9.23. The van der Waals surface area contributed by atoms with Crippen molar-refractivity contribution in [1.82, 2.24) is 0 Å². The van der Waals surface area contributed by atoms with E-state index in [1.807, 2.05) is 18.2 Å². The molecule has 0 aromatic carbocycles. The van der Waals surface area contributed by atoms with Crippen molar-refractivity contribution in [3.8, 4) is 0 Å². The highest BCUT2D eigenvalue weighted by molar-refractivity contribution is 5.97. The Bertz CT molecular complexity index is 356. The van der Waals surface area contributed by atoms with E-state index < -0.39 is 0 Å². The maximum atomic E-state index is 11.8.